The van der Waals surface area contributed by atoms with Gasteiger partial charge in [-0.25, -0.2) is 0 Å². The van der Waals surface area contributed by atoms with E-state index in [1.54, 1.807) is 18.2 Å². The number of benzene rings is 1. The van der Waals surface area contributed by atoms with Gasteiger partial charge in [0.15, 0.2) is 5.84 Å². The topological polar surface area (TPSA) is 87.7 Å². The van der Waals surface area contributed by atoms with Crippen LogP contribution in [0, 0.1) is 0 Å². The van der Waals surface area contributed by atoms with E-state index in [4.69, 9.17) is 10.9 Å². The zero-order valence-corrected chi connectivity index (χ0v) is 11.5. The number of anilines is 1. The number of hydrogen-bond acceptors (Lipinski definition) is 4. The summed E-state index contributed by atoms with van der Waals surface area (Å²) in [5, 5.41) is 14.2. The van der Waals surface area contributed by atoms with Crippen molar-refractivity contribution in [2.75, 3.05) is 17.3 Å². The smallest absolute Gasteiger partial charge is 0.234 e. The normalized spacial score (nSPS) is 11.3. The first-order valence-corrected chi connectivity index (χ1v) is 6.83. The van der Waals surface area contributed by atoms with Crippen LogP contribution in [0.3, 0.4) is 0 Å². The molecule has 0 aliphatic rings. The Balaban J connectivity index is 2.87. The van der Waals surface area contributed by atoms with E-state index in [1.807, 2.05) is 6.26 Å². The third-order valence-corrected chi connectivity index (χ3v) is 3.13. The predicted molar refractivity (Wildman–Crippen MR) is 73.7 cm³/mol. The van der Waals surface area contributed by atoms with Gasteiger partial charge in [-0.3, -0.25) is 4.79 Å². The highest BCUT2D eigenvalue weighted by Crippen LogP contribution is 2.23. The first-order valence-electron chi connectivity index (χ1n) is 4.64. The Bertz CT molecular complexity index is 451. The maximum absolute atomic E-state index is 11.4. The van der Waals surface area contributed by atoms with E-state index >= 15 is 0 Å². The molecule has 0 aliphatic heterocycles. The van der Waals surface area contributed by atoms with E-state index in [2.05, 4.69) is 26.4 Å². The van der Waals surface area contributed by atoms with E-state index in [0.717, 1.165) is 0 Å². The minimum Gasteiger partial charge on any atom is -0.409 e. The lowest BCUT2D eigenvalue weighted by molar-refractivity contribution is -0.113. The standard InChI is InChI=1S/C10H12BrN3O2S/c1-17-5-9(15)13-8-3-2-6(4-7(8)11)10(12)14-16/h2-4,16H,5H2,1H3,(H2,12,14)(H,13,15). The van der Waals surface area contributed by atoms with Crippen molar-refractivity contribution >= 4 is 45.1 Å². The van der Waals surface area contributed by atoms with Crippen LogP contribution in [0.1, 0.15) is 5.56 Å². The van der Waals surface area contributed by atoms with Gasteiger partial charge in [0.25, 0.3) is 0 Å². The van der Waals surface area contributed by atoms with E-state index in [0.29, 0.717) is 21.5 Å². The van der Waals surface area contributed by atoms with Crippen molar-refractivity contribution in [3.05, 3.63) is 28.2 Å². The molecule has 0 aliphatic carbocycles. The Hall–Kier alpha value is -1.21. The molecule has 0 bridgehead atoms. The summed E-state index contributed by atoms with van der Waals surface area (Å²) in [6.45, 7) is 0. The monoisotopic (exact) mass is 317 g/mol. The Morgan fingerprint density at radius 1 is 1.65 bits per heavy atom. The van der Waals surface area contributed by atoms with Gasteiger partial charge in [0.1, 0.15) is 0 Å². The van der Waals surface area contributed by atoms with Gasteiger partial charge in [0, 0.05) is 10.0 Å². The molecule has 0 spiro atoms. The van der Waals surface area contributed by atoms with Crippen molar-refractivity contribution in [2.24, 2.45) is 10.9 Å². The minimum absolute atomic E-state index is 0.0210. The molecule has 0 heterocycles. The maximum Gasteiger partial charge on any atom is 0.234 e. The molecule has 92 valence electrons. The molecule has 5 nitrogen and oxygen atoms in total. The zero-order chi connectivity index (χ0) is 12.8. The van der Waals surface area contributed by atoms with Crippen molar-refractivity contribution in [3.63, 3.8) is 0 Å². The molecule has 1 rings (SSSR count). The maximum atomic E-state index is 11.4. The van der Waals surface area contributed by atoms with Gasteiger partial charge >= 0.3 is 0 Å². The number of halogens is 1. The van der Waals surface area contributed by atoms with E-state index in [9.17, 15) is 4.79 Å². The molecule has 4 N–H and O–H groups in total. The van der Waals surface area contributed by atoms with Gasteiger partial charge in [-0.05, 0) is 40.4 Å². The minimum atomic E-state index is -0.0743. The summed E-state index contributed by atoms with van der Waals surface area (Å²) in [7, 11) is 0. The third kappa shape index (κ3) is 3.94. The summed E-state index contributed by atoms with van der Waals surface area (Å²) >= 11 is 4.76. The molecule has 7 heteroatoms. The Kier molecular flexibility index (Phi) is 5.30. The SMILES string of the molecule is CSCC(=O)Nc1ccc(/C(N)=N/O)cc1Br. The van der Waals surface area contributed by atoms with Crippen molar-refractivity contribution < 1.29 is 10.0 Å². The van der Waals surface area contributed by atoms with Crippen LogP contribution in [-0.2, 0) is 4.79 Å². The molecule has 0 aromatic heterocycles. The van der Waals surface area contributed by atoms with Crippen LogP contribution < -0.4 is 11.1 Å². The Morgan fingerprint density at radius 2 is 2.35 bits per heavy atom. The molecule has 17 heavy (non-hydrogen) atoms. The number of hydrogen-bond donors (Lipinski definition) is 3. The second-order valence-corrected chi connectivity index (χ2v) is 4.88. The Morgan fingerprint density at radius 3 is 2.88 bits per heavy atom. The highest BCUT2D eigenvalue weighted by Gasteiger charge is 2.07. The van der Waals surface area contributed by atoms with Crippen molar-refractivity contribution in [2.45, 2.75) is 0 Å². The molecule has 0 atom stereocenters. The summed E-state index contributed by atoms with van der Waals surface area (Å²) in [4.78, 5) is 11.4. The molecule has 0 saturated heterocycles. The zero-order valence-electron chi connectivity index (χ0n) is 9.11. The number of carbonyl (C=O) groups is 1. The lowest BCUT2D eigenvalue weighted by Gasteiger charge is -2.08. The summed E-state index contributed by atoms with van der Waals surface area (Å²) < 4.78 is 0.677. The van der Waals surface area contributed by atoms with Crippen molar-refractivity contribution in [1.82, 2.24) is 0 Å². The Labute approximate surface area is 112 Å². The van der Waals surface area contributed by atoms with Crippen molar-refractivity contribution in [3.8, 4) is 0 Å². The molecule has 0 unspecified atom stereocenters. The fourth-order valence-electron chi connectivity index (χ4n) is 1.15. The second-order valence-electron chi connectivity index (χ2n) is 3.16. The summed E-state index contributed by atoms with van der Waals surface area (Å²) in [5.41, 5.74) is 6.67. The van der Waals surface area contributed by atoms with Gasteiger partial charge in [-0.15, -0.1) is 0 Å². The number of nitrogens with two attached hydrogens (primary N) is 1. The lowest BCUT2D eigenvalue weighted by Crippen LogP contribution is -2.16. The van der Waals surface area contributed by atoms with E-state index < -0.39 is 0 Å². The highest BCUT2D eigenvalue weighted by molar-refractivity contribution is 9.10. The van der Waals surface area contributed by atoms with Crippen molar-refractivity contribution in [1.29, 1.82) is 0 Å². The molecular formula is C10H12BrN3O2S. The van der Waals surface area contributed by atoms with E-state index in [-0.39, 0.29) is 11.7 Å². The number of oxime groups is 1. The van der Waals surface area contributed by atoms with Gasteiger partial charge in [0.05, 0.1) is 11.4 Å². The van der Waals surface area contributed by atoms with Crippen LogP contribution in [0.2, 0.25) is 0 Å². The van der Waals surface area contributed by atoms with Crippen LogP contribution in [0.25, 0.3) is 0 Å². The molecule has 1 aromatic rings. The lowest BCUT2D eigenvalue weighted by atomic mass is 10.2. The highest BCUT2D eigenvalue weighted by atomic mass is 79.9. The number of thioether (sulfide) groups is 1. The average molecular weight is 318 g/mol. The second kappa shape index (κ2) is 6.51. The van der Waals surface area contributed by atoms with Crippen LogP contribution >= 0.6 is 27.7 Å². The van der Waals surface area contributed by atoms with Crippen LogP contribution in [0.4, 0.5) is 5.69 Å². The number of amides is 1. The first kappa shape index (κ1) is 13.9. The summed E-state index contributed by atoms with van der Waals surface area (Å²) in [6, 6.07) is 5.02. The quantitative estimate of drug-likeness (QED) is 0.342. The fourth-order valence-corrected chi connectivity index (χ4v) is 1.96. The van der Waals surface area contributed by atoms with Gasteiger partial charge in [-0.2, -0.15) is 11.8 Å². The number of rotatable bonds is 4. The van der Waals surface area contributed by atoms with Crippen LogP contribution in [0.15, 0.2) is 27.8 Å². The third-order valence-electron chi connectivity index (χ3n) is 1.92. The fraction of sp³-hybridized carbons (Fsp3) is 0.200. The average Bonchev–Trinajstić information content (AvgIpc) is 2.31. The molecular weight excluding hydrogens is 306 g/mol. The molecule has 0 saturated carbocycles. The predicted octanol–water partition coefficient (Wildman–Crippen LogP) is 1.85. The number of nitrogens with one attached hydrogen (secondary N) is 1. The van der Waals surface area contributed by atoms with Crippen LogP contribution in [0.5, 0.6) is 0 Å². The number of nitrogens with zero attached hydrogens (tertiary/aromatic N) is 1. The number of amidine groups is 1. The van der Waals surface area contributed by atoms with Crippen LogP contribution in [-0.4, -0.2) is 29.0 Å². The largest absolute Gasteiger partial charge is 0.409 e. The van der Waals surface area contributed by atoms with Gasteiger partial charge in [0.2, 0.25) is 5.91 Å². The van der Waals surface area contributed by atoms with E-state index in [1.165, 1.54) is 11.8 Å². The number of carbonyl (C=O) groups excluding carboxylic acids is 1. The molecule has 0 fully saturated rings. The molecule has 0 radical (unpaired) electrons. The molecule has 1 aromatic carbocycles. The van der Waals surface area contributed by atoms with Gasteiger partial charge < -0.3 is 16.3 Å². The van der Waals surface area contributed by atoms with Gasteiger partial charge in [-0.1, -0.05) is 5.16 Å². The first-order chi connectivity index (χ1) is 8.08. The summed E-state index contributed by atoms with van der Waals surface area (Å²) in [6.07, 6.45) is 1.86. The summed E-state index contributed by atoms with van der Waals surface area (Å²) in [5.74, 6) is 0.344. The molecule has 1 amide bonds.